The molecule has 2 unspecified atom stereocenters. The van der Waals surface area contributed by atoms with Crippen LogP contribution in [-0.2, 0) is 6.18 Å². The zero-order valence-corrected chi connectivity index (χ0v) is 10.7. The highest BCUT2D eigenvalue weighted by Crippen LogP contribution is 2.31. The van der Waals surface area contributed by atoms with Gasteiger partial charge in [-0.3, -0.25) is 0 Å². The van der Waals surface area contributed by atoms with Gasteiger partial charge in [-0.15, -0.1) is 0 Å². The quantitative estimate of drug-likeness (QED) is 0.930. The fourth-order valence-electron chi connectivity index (χ4n) is 1.75. The largest absolute Gasteiger partial charge is 0.481 e. The van der Waals surface area contributed by atoms with Gasteiger partial charge in [-0.1, -0.05) is 0 Å². The highest BCUT2D eigenvalue weighted by atomic mass is 19.4. The molecular formula is C14H14F3NO2. The lowest BCUT2D eigenvalue weighted by Crippen LogP contribution is -2.28. The van der Waals surface area contributed by atoms with E-state index >= 15 is 0 Å². The third-order valence-corrected chi connectivity index (χ3v) is 2.75. The average molecular weight is 285 g/mol. The van der Waals surface area contributed by atoms with Crippen LogP contribution in [0, 0.1) is 0 Å². The number of hydrogen-bond acceptors (Lipinski definition) is 3. The van der Waals surface area contributed by atoms with Crippen LogP contribution in [0.2, 0.25) is 0 Å². The molecule has 0 saturated carbocycles. The van der Waals surface area contributed by atoms with E-state index in [1.165, 1.54) is 18.4 Å². The van der Waals surface area contributed by atoms with Crippen LogP contribution in [0.4, 0.5) is 13.2 Å². The summed E-state index contributed by atoms with van der Waals surface area (Å²) in [5, 5.41) is 0. The van der Waals surface area contributed by atoms with Crippen molar-refractivity contribution < 1.29 is 22.3 Å². The van der Waals surface area contributed by atoms with Crippen molar-refractivity contribution in [2.75, 3.05) is 0 Å². The van der Waals surface area contributed by atoms with E-state index in [0.29, 0.717) is 11.5 Å². The summed E-state index contributed by atoms with van der Waals surface area (Å²) in [5.41, 5.74) is 5.09. The molecule has 0 amide bonds. The van der Waals surface area contributed by atoms with E-state index in [1.807, 2.05) is 0 Å². The molecule has 0 spiro atoms. The number of rotatable bonds is 4. The molecule has 0 radical (unpaired) electrons. The molecule has 1 aromatic carbocycles. The molecule has 3 nitrogen and oxygen atoms in total. The summed E-state index contributed by atoms with van der Waals surface area (Å²) in [6.45, 7) is 1.73. The molecule has 0 fully saturated rings. The van der Waals surface area contributed by atoms with Gasteiger partial charge in [0.05, 0.1) is 11.8 Å². The number of nitrogens with two attached hydrogens (primary N) is 1. The van der Waals surface area contributed by atoms with Gasteiger partial charge < -0.3 is 14.9 Å². The summed E-state index contributed by atoms with van der Waals surface area (Å²) in [5.74, 6) is 0.830. The van der Waals surface area contributed by atoms with Crippen molar-refractivity contribution in [2.45, 2.75) is 25.2 Å². The SMILES string of the molecule is CC(N)C(Oc1ccc(C(F)(F)F)cc1)c1ccco1. The summed E-state index contributed by atoms with van der Waals surface area (Å²) in [7, 11) is 0. The second-order valence-corrected chi connectivity index (χ2v) is 4.44. The van der Waals surface area contributed by atoms with E-state index < -0.39 is 17.8 Å². The van der Waals surface area contributed by atoms with Crippen molar-refractivity contribution in [3.05, 3.63) is 54.0 Å². The van der Waals surface area contributed by atoms with E-state index in [4.69, 9.17) is 14.9 Å². The average Bonchev–Trinajstić information content (AvgIpc) is 2.88. The van der Waals surface area contributed by atoms with Gasteiger partial charge in [0.1, 0.15) is 11.5 Å². The maximum Gasteiger partial charge on any atom is 0.416 e. The predicted octanol–water partition coefficient (Wildman–Crippen LogP) is 3.77. The Labute approximate surface area is 114 Å². The van der Waals surface area contributed by atoms with Crippen molar-refractivity contribution in [3.63, 3.8) is 0 Å². The van der Waals surface area contributed by atoms with Crippen LogP contribution in [0.3, 0.4) is 0 Å². The maximum atomic E-state index is 12.5. The minimum Gasteiger partial charge on any atom is -0.481 e. The molecule has 108 valence electrons. The first-order chi connectivity index (χ1) is 9.38. The van der Waals surface area contributed by atoms with Crippen LogP contribution in [0.5, 0.6) is 5.75 Å². The molecule has 0 aliphatic carbocycles. The number of ether oxygens (including phenoxy) is 1. The maximum absolute atomic E-state index is 12.5. The summed E-state index contributed by atoms with van der Waals surface area (Å²) < 4.78 is 48.2. The van der Waals surface area contributed by atoms with Gasteiger partial charge in [-0.2, -0.15) is 13.2 Å². The number of hydrogen-bond donors (Lipinski definition) is 1. The molecule has 20 heavy (non-hydrogen) atoms. The lowest BCUT2D eigenvalue weighted by atomic mass is 10.1. The van der Waals surface area contributed by atoms with Crippen LogP contribution < -0.4 is 10.5 Å². The van der Waals surface area contributed by atoms with E-state index in [0.717, 1.165) is 12.1 Å². The van der Waals surface area contributed by atoms with Gasteiger partial charge in [0.2, 0.25) is 0 Å². The smallest absolute Gasteiger partial charge is 0.416 e. The van der Waals surface area contributed by atoms with Crippen LogP contribution in [-0.4, -0.2) is 6.04 Å². The predicted molar refractivity (Wildman–Crippen MR) is 67.2 cm³/mol. The van der Waals surface area contributed by atoms with E-state index in [1.54, 1.807) is 19.1 Å². The van der Waals surface area contributed by atoms with Gasteiger partial charge in [-0.25, -0.2) is 0 Å². The fourth-order valence-corrected chi connectivity index (χ4v) is 1.75. The Morgan fingerprint density at radius 2 is 1.80 bits per heavy atom. The molecule has 2 rings (SSSR count). The first-order valence-corrected chi connectivity index (χ1v) is 6.01. The molecule has 0 saturated heterocycles. The van der Waals surface area contributed by atoms with Crippen molar-refractivity contribution in [3.8, 4) is 5.75 Å². The van der Waals surface area contributed by atoms with Crippen LogP contribution >= 0.6 is 0 Å². The number of alkyl halides is 3. The first kappa shape index (κ1) is 14.5. The molecular weight excluding hydrogens is 271 g/mol. The Kier molecular flexibility index (Phi) is 4.04. The Morgan fingerprint density at radius 1 is 1.15 bits per heavy atom. The normalized spacial score (nSPS) is 14.8. The molecule has 2 atom stereocenters. The highest BCUT2D eigenvalue weighted by Gasteiger charge is 2.30. The molecule has 2 N–H and O–H groups in total. The topological polar surface area (TPSA) is 48.4 Å². The van der Waals surface area contributed by atoms with E-state index in [9.17, 15) is 13.2 Å². The zero-order chi connectivity index (χ0) is 14.8. The summed E-state index contributed by atoms with van der Waals surface area (Å²) in [4.78, 5) is 0. The van der Waals surface area contributed by atoms with Crippen molar-refractivity contribution >= 4 is 0 Å². The van der Waals surface area contributed by atoms with E-state index in [-0.39, 0.29) is 6.04 Å². The lowest BCUT2D eigenvalue weighted by molar-refractivity contribution is -0.137. The standard InChI is InChI=1S/C14H14F3NO2/c1-9(18)13(12-3-2-8-19-12)20-11-6-4-10(5-7-11)14(15,16)17/h2-9,13H,18H2,1H3. The molecule has 0 aliphatic heterocycles. The summed E-state index contributed by atoms with van der Waals surface area (Å²) >= 11 is 0. The lowest BCUT2D eigenvalue weighted by Gasteiger charge is -2.20. The van der Waals surface area contributed by atoms with Gasteiger partial charge in [0, 0.05) is 6.04 Å². The minimum atomic E-state index is -4.36. The third-order valence-electron chi connectivity index (χ3n) is 2.75. The highest BCUT2D eigenvalue weighted by molar-refractivity contribution is 5.29. The van der Waals surface area contributed by atoms with Gasteiger partial charge in [-0.05, 0) is 43.3 Å². The number of furan rings is 1. The molecule has 0 bridgehead atoms. The second-order valence-electron chi connectivity index (χ2n) is 4.44. The Balaban J connectivity index is 2.16. The molecule has 1 aromatic heterocycles. The van der Waals surface area contributed by atoms with Crippen LogP contribution in [0.25, 0.3) is 0 Å². The van der Waals surface area contributed by atoms with Gasteiger partial charge in [0.25, 0.3) is 0 Å². The van der Waals surface area contributed by atoms with E-state index in [2.05, 4.69) is 0 Å². The third kappa shape index (κ3) is 3.33. The van der Waals surface area contributed by atoms with Crippen molar-refractivity contribution in [1.29, 1.82) is 0 Å². The van der Waals surface area contributed by atoms with Crippen molar-refractivity contribution in [1.82, 2.24) is 0 Å². The monoisotopic (exact) mass is 285 g/mol. The Bertz CT molecular complexity index is 533. The van der Waals surface area contributed by atoms with Crippen molar-refractivity contribution in [2.24, 2.45) is 5.73 Å². The molecule has 1 heterocycles. The summed E-state index contributed by atoms with van der Waals surface area (Å²) in [6, 6.07) is 7.50. The number of benzene rings is 1. The second kappa shape index (κ2) is 5.58. The molecule has 6 heteroatoms. The molecule has 0 aliphatic rings. The fraction of sp³-hybridized carbons (Fsp3) is 0.286. The summed E-state index contributed by atoms with van der Waals surface area (Å²) in [6.07, 6.45) is -3.43. The molecule has 2 aromatic rings. The number of halogens is 3. The van der Waals surface area contributed by atoms with Gasteiger partial charge >= 0.3 is 6.18 Å². The van der Waals surface area contributed by atoms with Crippen LogP contribution in [0.1, 0.15) is 24.4 Å². The Hall–Kier alpha value is -1.95. The first-order valence-electron chi connectivity index (χ1n) is 6.01. The zero-order valence-electron chi connectivity index (χ0n) is 10.7. The van der Waals surface area contributed by atoms with Crippen LogP contribution in [0.15, 0.2) is 47.1 Å². The minimum absolute atomic E-state index is 0.303. The Morgan fingerprint density at radius 3 is 2.25 bits per heavy atom. The van der Waals surface area contributed by atoms with Gasteiger partial charge in [0.15, 0.2) is 6.10 Å².